The molecule has 0 atom stereocenters. The third-order valence-electron chi connectivity index (χ3n) is 4.54. The van der Waals surface area contributed by atoms with Crippen LogP contribution in [0.3, 0.4) is 0 Å². The van der Waals surface area contributed by atoms with Crippen molar-refractivity contribution in [2.45, 2.75) is 26.2 Å². The molecule has 4 rings (SSSR count). The van der Waals surface area contributed by atoms with Gasteiger partial charge in [0.25, 0.3) is 0 Å². The predicted molar refractivity (Wildman–Crippen MR) is 85.0 cm³/mol. The first-order chi connectivity index (χ1) is 9.83. The largest absolute Gasteiger partial charge is 2.00 e. The molecule has 116 valence electrons. The van der Waals surface area contributed by atoms with Crippen LogP contribution in [0.5, 0.6) is 0 Å². The average Bonchev–Trinajstić information content (AvgIpc) is 3.09. The van der Waals surface area contributed by atoms with Crippen LogP contribution >= 0.6 is 0 Å². The number of hydrogen-bond acceptors (Lipinski definition) is 0. The standard InChI is InChI=1S/C20H18.2ClH.Zr/c1-14-10-11-17(12-15-6-2-3-7-15)19-13-16-8-4-5-9-18(16)20(14)19;;;/h2-6,8-11H,7,12-13H2,1H3;2*1H;/q;;;+2/p-2. The molecule has 0 unspecified atom stereocenters. The predicted octanol–water partition coefficient (Wildman–Crippen LogP) is -0.999. The minimum Gasteiger partial charge on any atom is -1.00 e. The van der Waals surface area contributed by atoms with Crippen LogP contribution in [0.25, 0.3) is 11.1 Å². The zero-order valence-corrected chi connectivity index (χ0v) is 17.0. The summed E-state index contributed by atoms with van der Waals surface area (Å²) in [5.41, 5.74) is 10.4. The third-order valence-corrected chi connectivity index (χ3v) is 4.54. The Morgan fingerprint density at radius 1 is 1.00 bits per heavy atom. The summed E-state index contributed by atoms with van der Waals surface area (Å²) >= 11 is 0. The zero-order valence-electron chi connectivity index (χ0n) is 13.1. The molecule has 0 bridgehead atoms. The van der Waals surface area contributed by atoms with Gasteiger partial charge < -0.3 is 24.8 Å². The molecule has 0 nitrogen and oxygen atoms in total. The minimum atomic E-state index is 0. The molecule has 0 radical (unpaired) electrons. The average molecular weight is 420 g/mol. The maximum Gasteiger partial charge on any atom is 2.00 e. The Morgan fingerprint density at radius 2 is 1.78 bits per heavy atom. The molecule has 0 N–H and O–H groups in total. The Labute approximate surface area is 170 Å². The molecular formula is C20H18Cl2Zr. The van der Waals surface area contributed by atoms with E-state index in [9.17, 15) is 0 Å². The minimum absolute atomic E-state index is 0. The number of benzene rings is 2. The maximum absolute atomic E-state index is 2.33. The molecule has 0 saturated carbocycles. The summed E-state index contributed by atoms with van der Waals surface area (Å²) in [5.74, 6) is 0. The van der Waals surface area contributed by atoms with Gasteiger partial charge in [0, 0.05) is 0 Å². The van der Waals surface area contributed by atoms with Crippen LogP contribution in [0.15, 0.2) is 60.2 Å². The van der Waals surface area contributed by atoms with E-state index in [1.807, 2.05) is 0 Å². The molecule has 0 saturated heterocycles. The van der Waals surface area contributed by atoms with E-state index in [0.29, 0.717) is 0 Å². The SMILES string of the molecule is Cc1ccc(CC2=CC=CC2)c2c1-c1ccccc1C2.[Cl-].[Cl-].[Zr+2]. The molecule has 3 heteroatoms. The van der Waals surface area contributed by atoms with Gasteiger partial charge in [-0.05, 0) is 59.6 Å². The van der Waals surface area contributed by atoms with Crippen LogP contribution in [-0.4, -0.2) is 0 Å². The van der Waals surface area contributed by atoms with Crippen molar-refractivity contribution in [1.29, 1.82) is 0 Å². The monoisotopic (exact) mass is 418 g/mol. The number of halogens is 2. The molecular weight excluding hydrogens is 402 g/mol. The quantitative estimate of drug-likeness (QED) is 0.499. The first-order valence-corrected chi connectivity index (χ1v) is 7.37. The van der Waals surface area contributed by atoms with Gasteiger partial charge in [0.1, 0.15) is 0 Å². The van der Waals surface area contributed by atoms with E-state index in [1.165, 1.54) is 33.4 Å². The van der Waals surface area contributed by atoms with Crippen LogP contribution in [0.1, 0.15) is 28.7 Å². The van der Waals surface area contributed by atoms with Gasteiger partial charge in [-0.2, -0.15) is 0 Å². The Bertz CT molecular complexity index is 760. The second kappa shape index (κ2) is 8.47. The van der Waals surface area contributed by atoms with Crippen molar-refractivity contribution >= 4 is 0 Å². The van der Waals surface area contributed by atoms with E-state index in [2.05, 4.69) is 61.5 Å². The van der Waals surface area contributed by atoms with E-state index in [1.54, 1.807) is 5.56 Å². The van der Waals surface area contributed by atoms with Crippen LogP contribution < -0.4 is 24.8 Å². The van der Waals surface area contributed by atoms with Gasteiger partial charge in [-0.3, -0.25) is 0 Å². The molecule has 2 aliphatic rings. The van der Waals surface area contributed by atoms with Crippen LogP contribution in [0, 0.1) is 6.92 Å². The second-order valence-corrected chi connectivity index (χ2v) is 5.86. The maximum atomic E-state index is 2.33. The van der Waals surface area contributed by atoms with Gasteiger partial charge in [-0.15, -0.1) is 0 Å². The number of allylic oxidation sites excluding steroid dienone is 4. The fourth-order valence-electron chi connectivity index (χ4n) is 3.53. The van der Waals surface area contributed by atoms with Crippen molar-refractivity contribution in [3.63, 3.8) is 0 Å². The Hall–Kier alpha value is -0.617. The summed E-state index contributed by atoms with van der Waals surface area (Å²) in [6, 6.07) is 13.5. The van der Waals surface area contributed by atoms with Crippen molar-refractivity contribution in [3.05, 3.63) is 82.5 Å². The van der Waals surface area contributed by atoms with Crippen LogP contribution in [-0.2, 0) is 39.0 Å². The van der Waals surface area contributed by atoms with Gasteiger partial charge in [0.2, 0.25) is 0 Å². The zero-order chi connectivity index (χ0) is 13.5. The van der Waals surface area contributed by atoms with E-state index in [0.717, 1.165) is 19.3 Å². The van der Waals surface area contributed by atoms with E-state index in [4.69, 9.17) is 0 Å². The van der Waals surface area contributed by atoms with E-state index >= 15 is 0 Å². The van der Waals surface area contributed by atoms with Gasteiger partial charge in [-0.1, -0.05) is 60.2 Å². The molecule has 0 heterocycles. The number of hydrogen-bond donors (Lipinski definition) is 0. The molecule has 0 spiro atoms. The molecule has 2 aromatic carbocycles. The van der Waals surface area contributed by atoms with Crippen molar-refractivity contribution in [1.82, 2.24) is 0 Å². The van der Waals surface area contributed by atoms with Gasteiger partial charge in [-0.25, -0.2) is 0 Å². The van der Waals surface area contributed by atoms with Crippen molar-refractivity contribution in [2.24, 2.45) is 0 Å². The summed E-state index contributed by atoms with van der Waals surface area (Å²) in [5, 5.41) is 0. The van der Waals surface area contributed by atoms with Gasteiger partial charge >= 0.3 is 26.2 Å². The van der Waals surface area contributed by atoms with Gasteiger partial charge in [0.15, 0.2) is 0 Å². The summed E-state index contributed by atoms with van der Waals surface area (Å²) < 4.78 is 0. The fourth-order valence-corrected chi connectivity index (χ4v) is 3.53. The summed E-state index contributed by atoms with van der Waals surface area (Å²) in [7, 11) is 0. The topological polar surface area (TPSA) is 0 Å². The molecule has 23 heavy (non-hydrogen) atoms. The summed E-state index contributed by atoms with van der Waals surface area (Å²) in [6.07, 6.45) is 10.0. The molecule has 0 aliphatic heterocycles. The van der Waals surface area contributed by atoms with Crippen LogP contribution in [0.2, 0.25) is 0 Å². The van der Waals surface area contributed by atoms with Crippen molar-refractivity contribution < 1.29 is 51.0 Å². The Balaban J connectivity index is 0.000000882. The summed E-state index contributed by atoms with van der Waals surface area (Å²) in [6.45, 7) is 2.24. The first-order valence-electron chi connectivity index (χ1n) is 7.37. The Kier molecular flexibility index (Phi) is 7.52. The number of rotatable bonds is 2. The third kappa shape index (κ3) is 3.73. The molecule has 0 aromatic heterocycles. The Morgan fingerprint density at radius 3 is 2.52 bits per heavy atom. The molecule has 0 fully saturated rings. The van der Waals surface area contributed by atoms with Gasteiger partial charge in [0.05, 0.1) is 0 Å². The van der Waals surface area contributed by atoms with Crippen molar-refractivity contribution in [3.8, 4) is 11.1 Å². The van der Waals surface area contributed by atoms with Crippen molar-refractivity contribution in [2.75, 3.05) is 0 Å². The normalized spacial score (nSPS) is 13.2. The molecule has 2 aromatic rings. The van der Waals surface area contributed by atoms with E-state index in [-0.39, 0.29) is 51.0 Å². The molecule has 2 aliphatic carbocycles. The number of fused-ring (bicyclic) bond motifs is 3. The smallest absolute Gasteiger partial charge is 1.00 e. The van der Waals surface area contributed by atoms with Crippen LogP contribution in [0.4, 0.5) is 0 Å². The molecule has 0 amide bonds. The second-order valence-electron chi connectivity index (χ2n) is 5.86. The first kappa shape index (κ1) is 20.4. The van der Waals surface area contributed by atoms with E-state index < -0.39 is 0 Å². The summed E-state index contributed by atoms with van der Waals surface area (Å²) in [4.78, 5) is 0. The number of aryl methyl sites for hydroxylation is 1. The fraction of sp³-hybridized carbons (Fsp3) is 0.200.